The summed E-state index contributed by atoms with van der Waals surface area (Å²) in [7, 11) is 5.87. The summed E-state index contributed by atoms with van der Waals surface area (Å²) in [4.78, 5) is 7.91. The first-order chi connectivity index (χ1) is 8.82. The molecule has 7 heteroatoms. The van der Waals surface area contributed by atoms with Crippen LogP contribution in [0.25, 0.3) is 9.88 Å². The lowest BCUT2D eigenvalue weighted by molar-refractivity contribution is 0.574. The highest BCUT2D eigenvalue weighted by Crippen LogP contribution is 2.41. The van der Waals surface area contributed by atoms with Crippen LogP contribution in [-0.4, -0.2) is 36.3 Å². The topological polar surface area (TPSA) is 53.9 Å². The average Bonchev–Trinajstić information content (AvgIpc) is 2.94. The summed E-state index contributed by atoms with van der Waals surface area (Å²) in [5, 5.41) is 14.2. The Kier molecular flexibility index (Phi) is 3.78. The van der Waals surface area contributed by atoms with Crippen molar-refractivity contribution in [1.82, 2.24) is 15.2 Å². The summed E-state index contributed by atoms with van der Waals surface area (Å²) in [6, 6.07) is 0. The smallest absolute Gasteiger partial charge is 0.205 e. The summed E-state index contributed by atoms with van der Waals surface area (Å²) < 4.78 is 0. The molecule has 1 N–H and O–H groups in total. The second-order valence-electron chi connectivity index (χ2n) is 5.48. The lowest BCUT2D eigenvalue weighted by atomic mass is 9.91. The zero-order valence-corrected chi connectivity index (χ0v) is 13.7. The van der Waals surface area contributed by atoms with Crippen LogP contribution in [0.3, 0.4) is 0 Å². The molecule has 2 rings (SSSR count). The van der Waals surface area contributed by atoms with E-state index in [1.54, 1.807) is 22.7 Å². The first-order valence-corrected chi connectivity index (χ1v) is 7.66. The lowest BCUT2D eigenvalue weighted by Gasteiger charge is -2.16. The van der Waals surface area contributed by atoms with Gasteiger partial charge in [-0.3, -0.25) is 0 Å². The van der Waals surface area contributed by atoms with E-state index in [1.807, 2.05) is 26.0 Å². The van der Waals surface area contributed by atoms with Crippen LogP contribution >= 0.6 is 22.7 Å². The Labute approximate surface area is 121 Å². The van der Waals surface area contributed by atoms with Crippen LogP contribution in [0.15, 0.2) is 0 Å². The van der Waals surface area contributed by atoms with Crippen LogP contribution in [0, 0.1) is 0 Å². The molecule has 0 bridgehead atoms. The van der Waals surface area contributed by atoms with Gasteiger partial charge in [-0.05, 0) is 0 Å². The van der Waals surface area contributed by atoms with E-state index in [0.717, 1.165) is 25.8 Å². The third-order valence-electron chi connectivity index (χ3n) is 2.54. The van der Waals surface area contributed by atoms with Crippen LogP contribution < -0.4 is 10.2 Å². The van der Waals surface area contributed by atoms with Crippen molar-refractivity contribution in [3.63, 3.8) is 0 Å². The molecule has 2 heterocycles. The van der Waals surface area contributed by atoms with Crippen molar-refractivity contribution in [2.45, 2.75) is 26.2 Å². The van der Waals surface area contributed by atoms with Gasteiger partial charge in [0.05, 0.1) is 10.6 Å². The second-order valence-corrected chi connectivity index (χ2v) is 7.44. The molecule has 0 atom stereocenters. The highest BCUT2D eigenvalue weighted by Gasteiger charge is 2.26. The van der Waals surface area contributed by atoms with Crippen LogP contribution in [-0.2, 0) is 5.41 Å². The van der Waals surface area contributed by atoms with E-state index >= 15 is 0 Å². The first kappa shape index (κ1) is 14.2. The van der Waals surface area contributed by atoms with Crippen LogP contribution in [0.2, 0.25) is 0 Å². The summed E-state index contributed by atoms with van der Waals surface area (Å²) in [5.74, 6) is 0. The molecule has 0 fully saturated rings. The molecule has 0 saturated heterocycles. The molecule has 0 amide bonds. The van der Waals surface area contributed by atoms with E-state index in [9.17, 15) is 0 Å². The number of nitrogens with zero attached hydrogens (tertiary/aromatic N) is 4. The predicted molar refractivity (Wildman–Crippen MR) is 83.6 cm³/mol. The molecule has 0 unspecified atom stereocenters. The molecule has 19 heavy (non-hydrogen) atoms. The van der Waals surface area contributed by atoms with E-state index in [-0.39, 0.29) is 5.41 Å². The van der Waals surface area contributed by atoms with Gasteiger partial charge >= 0.3 is 0 Å². The van der Waals surface area contributed by atoms with E-state index in [2.05, 4.69) is 36.3 Å². The Bertz CT molecular complexity index is 565. The quantitative estimate of drug-likeness (QED) is 0.943. The third kappa shape index (κ3) is 2.87. The minimum atomic E-state index is -0.00836. The van der Waals surface area contributed by atoms with Crippen LogP contribution in [0.4, 0.5) is 10.3 Å². The van der Waals surface area contributed by atoms with E-state index < -0.39 is 0 Å². The molecule has 0 aliphatic rings. The molecule has 0 aliphatic heterocycles. The Hall–Kier alpha value is -1.21. The van der Waals surface area contributed by atoms with Crippen molar-refractivity contribution >= 4 is 32.9 Å². The van der Waals surface area contributed by atoms with Gasteiger partial charge in [0.2, 0.25) is 5.13 Å². The highest BCUT2D eigenvalue weighted by atomic mass is 32.1. The number of aromatic nitrogens is 3. The Balaban J connectivity index is 2.54. The molecule has 5 nitrogen and oxygen atoms in total. The van der Waals surface area contributed by atoms with Gasteiger partial charge in [0.15, 0.2) is 10.1 Å². The van der Waals surface area contributed by atoms with Crippen molar-refractivity contribution in [3.05, 3.63) is 5.69 Å². The zero-order valence-electron chi connectivity index (χ0n) is 12.1. The van der Waals surface area contributed by atoms with Crippen molar-refractivity contribution < 1.29 is 0 Å². The minimum absolute atomic E-state index is 0.00836. The van der Waals surface area contributed by atoms with Gasteiger partial charge in [0.1, 0.15) is 0 Å². The van der Waals surface area contributed by atoms with Crippen molar-refractivity contribution in [2.75, 3.05) is 31.4 Å². The molecule has 2 aromatic heterocycles. The lowest BCUT2D eigenvalue weighted by Crippen LogP contribution is -2.14. The summed E-state index contributed by atoms with van der Waals surface area (Å²) >= 11 is 3.23. The average molecular weight is 297 g/mol. The summed E-state index contributed by atoms with van der Waals surface area (Å²) in [5.41, 5.74) is 1.07. The number of hydrogen-bond donors (Lipinski definition) is 1. The molecule has 0 spiro atoms. The van der Waals surface area contributed by atoms with Gasteiger partial charge in [0, 0.05) is 26.6 Å². The molecular formula is C12H19N5S2. The molecule has 0 aliphatic carbocycles. The monoisotopic (exact) mass is 297 g/mol. The van der Waals surface area contributed by atoms with Crippen LogP contribution in [0.1, 0.15) is 26.5 Å². The Morgan fingerprint density at radius 2 is 1.79 bits per heavy atom. The summed E-state index contributed by atoms with van der Waals surface area (Å²) in [6.07, 6.45) is 0. The molecule has 0 saturated carbocycles. The second kappa shape index (κ2) is 5.05. The number of anilines is 2. The minimum Gasteiger partial charge on any atom is -0.363 e. The highest BCUT2D eigenvalue weighted by molar-refractivity contribution is 7.25. The third-order valence-corrected chi connectivity index (χ3v) is 4.86. The first-order valence-electron chi connectivity index (χ1n) is 6.03. The SMILES string of the molecule is CNc1nnc(-c2sc(N(C)C)nc2C(C)(C)C)s1. The molecule has 0 radical (unpaired) electrons. The van der Waals surface area contributed by atoms with E-state index in [1.165, 1.54) is 0 Å². The number of rotatable bonds is 3. The summed E-state index contributed by atoms with van der Waals surface area (Å²) in [6.45, 7) is 6.51. The van der Waals surface area contributed by atoms with Crippen molar-refractivity contribution in [1.29, 1.82) is 0 Å². The molecular weight excluding hydrogens is 278 g/mol. The number of thiazole rings is 1. The largest absolute Gasteiger partial charge is 0.363 e. The maximum absolute atomic E-state index is 4.76. The molecule has 2 aromatic rings. The maximum atomic E-state index is 4.76. The van der Waals surface area contributed by atoms with Gasteiger partial charge < -0.3 is 10.2 Å². The Morgan fingerprint density at radius 1 is 1.11 bits per heavy atom. The van der Waals surface area contributed by atoms with Gasteiger partial charge in [-0.25, -0.2) is 4.98 Å². The number of nitrogens with one attached hydrogen (secondary N) is 1. The number of hydrogen-bond acceptors (Lipinski definition) is 7. The molecule has 104 valence electrons. The zero-order chi connectivity index (χ0) is 14.2. The normalized spacial score (nSPS) is 11.7. The van der Waals surface area contributed by atoms with E-state index in [0.29, 0.717) is 0 Å². The maximum Gasteiger partial charge on any atom is 0.205 e. The van der Waals surface area contributed by atoms with Crippen molar-refractivity contribution in [2.24, 2.45) is 0 Å². The van der Waals surface area contributed by atoms with Gasteiger partial charge in [-0.15, -0.1) is 10.2 Å². The fraction of sp³-hybridized carbons (Fsp3) is 0.583. The van der Waals surface area contributed by atoms with E-state index in [4.69, 9.17) is 4.98 Å². The van der Waals surface area contributed by atoms with Crippen molar-refractivity contribution in [3.8, 4) is 9.88 Å². The standard InChI is InChI=1S/C12H19N5S2/c1-12(2,3)8-7(18-11(14-8)17(5)6)9-15-16-10(13-4)19-9/h1-6H3,(H,13,16). The molecule has 0 aromatic carbocycles. The van der Waals surface area contributed by atoms with Gasteiger partial charge in [0.25, 0.3) is 0 Å². The fourth-order valence-corrected chi connectivity index (χ4v) is 3.54. The Morgan fingerprint density at radius 3 is 2.26 bits per heavy atom. The van der Waals surface area contributed by atoms with Gasteiger partial charge in [-0.2, -0.15) is 0 Å². The fourth-order valence-electron chi connectivity index (χ4n) is 1.57. The van der Waals surface area contributed by atoms with Gasteiger partial charge in [-0.1, -0.05) is 43.4 Å². The predicted octanol–water partition coefficient (Wildman–Crippen LogP) is 3.07. The van der Waals surface area contributed by atoms with Crippen LogP contribution in [0.5, 0.6) is 0 Å².